The lowest BCUT2D eigenvalue weighted by Crippen LogP contribution is -2.28. The average molecular weight is 288 g/mol. The number of hydrogen-bond donors (Lipinski definition) is 1. The van der Waals surface area contributed by atoms with Crippen LogP contribution in [0.4, 0.5) is 0 Å². The molecule has 2 atom stereocenters. The van der Waals surface area contributed by atoms with Gasteiger partial charge in [0.2, 0.25) is 0 Å². The average Bonchev–Trinajstić information content (AvgIpc) is 2.93. The second-order valence-corrected chi connectivity index (χ2v) is 6.90. The Hall–Kier alpha value is -0.860. The second-order valence-electron chi connectivity index (χ2n) is 6.90. The van der Waals surface area contributed by atoms with Gasteiger partial charge in [0.1, 0.15) is 0 Å². The first-order valence-corrected chi connectivity index (χ1v) is 8.62. The zero-order chi connectivity index (χ0) is 15.2. The van der Waals surface area contributed by atoms with Crippen molar-refractivity contribution in [3.8, 4) is 0 Å². The molecule has 0 radical (unpaired) electrons. The van der Waals surface area contributed by atoms with Crippen molar-refractivity contribution >= 4 is 0 Å². The molecule has 1 saturated heterocycles. The molecule has 1 aliphatic heterocycles. The Labute approximate surface area is 130 Å². The molecule has 2 heteroatoms. The monoisotopic (exact) mass is 288 g/mol. The molecule has 118 valence electrons. The van der Waals surface area contributed by atoms with Gasteiger partial charge in [-0.2, -0.15) is 0 Å². The predicted molar refractivity (Wildman–Crippen MR) is 91.6 cm³/mol. The maximum atomic E-state index is 3.65. The van der Waals surface area contributed by atoms with Gasteiger partial charge in [-0.15, -0.1) is 0 Å². The first kappa shape index (κ1) is 16.5. The Bertz CT molecular complexity index is 410. The van der Waals surface area contributed by atoms with Crippen molar-refractivity contribution in [2.24, 2.45) is 11.8 Å². The fourth-order valence-electron chi connectivity index (χ4n) is 3.35. The van der Waals surface area contributed by atoms with Crippen molar-refractivity contribution in [3.63, 3.8) is 0 Å². The number of nitrogens with zero attached hydrogens (tertiary/aromatic N) is 1. The van der Waals surface area contributed by atoms with Crippen LogP contribution in [0, 0.1) is 18.8 Å². The van der Waals surface area contributed by atoms with Gasteiger partial charge in [-0.1, -0.05) is 50.6 Å². The van der Waals surface area contributed by atoms with Crippen LogP contribution < -0.4 is 5.32 Å². The molecule has 21 heavy (non-hydrogen) atoms. The zero-order valence-corrected chi connectivity index (χ0v) is 14.2. The molecule has 0 bridgehead atoms. The van der Waals surface area contributed by atoms with Crippen molar-refractivity contribution in [1.29, 1.82) is 0 Å². The summed E-state index contributed by atoms with van der Waals surface area (Å²) in [5.41, 5.74) is 2.77. The Morgan fingerprint density at radius 2 is 1.95 bits per heavy atom. The molecule has 0 saturated carbocycles. The largest absolute Gasteiger partial charge is 0.310 e. The van der Waals surface area contributed by atoms with E-state index in [4.69, 9.17) is 0 Å². The van der Waals surface area contributed by atoms with E-state index in [2.05, 4.69) is 62.2 Å². The maximum absolute atomic E-state index is 3.65. The number of aryl methyl sites for hydroxylation is 1. The fraction of sp³-hybridized carbons (Fsp3) is 0.684. The van der Waals surface area contributed by atoms with Crippen LogP contribution in [-0.4, -0.2) is 31.1 Å². The topological polar surface area (TPSA) is 15.3 Å². The molecule has 1 aromatic carbocycles. The van der Waals surface area contributed by atoms with Gasteiger partial charge in [0.15, 0.2) is 0 Å². The smallest absolute Gasteiger partial charge is 0.0332 e. The third kappa shape index (κ3) is 4.82. The molecule has 0 amide bonds. The van der Waals surface area contributed by atoms with E-state index in [0.717, 1.165) is 18.4 Å². The van der Waals surface area contributed by atoms with Gasteiger partial charge in [-0.3, -0.25) is 0 Å². The third-order valence-corrected chi connectivity index (χ3v) is 4.92. The lowest BCUT2D eigenvalue weighted by molar-refractivity contribution is 0.285. The third-order valence-electron chi connectivity index (χ3n) is 4.92. The van der Waals surface area contributed by atoms with Gasteiger partial charge in [-0.25, -0.2) is 0 Å². The van der Waals surface area contributed by atoms with Crippen LogP contribution in [0.15, 0.2) is 24.3 Å². The Kier molecular flexibility index (Phi) is 6.25. The molecule has 1 heterocycles. The number of hydrogen-bond acceptors (Lipinski definition) is 2. The number of nitrogens with one attached hydrogen (secondary N) is 1. The summed E-state index contributed by atoms with van der Waals surface area (Å²) in [6.45, 7) is 13.9. The molecule has 0 aliphatic carbocycles. The second kappa shape index (κ2) is 7.95. The quantitative estimate of drug-likeness (QED) is 0.815. The van der Waals surface area contributed by atoms with Crippen LogP contribution in [0.1, 0.15) is 50.8 Å². The highest BCUT2D eigenvalue weighted by molar-refractivity contribution is 5.24. The van der Waals surface area contributed by atoms with E-state index in [1.165, 1.54) is 43.6 Å². The molecule has 0 spiro atoms. The molecular weight excluding hydrogens is 256 g/mol. The van der Waals surface area contributed by atoms with Gasteiger partial charge in [0, 0.05) is 12.6 Å². The summed E-state index contributed by atoms with van der Waals surface area (Å²) in [5.74, 6) is 1.73. The van der Waals surface area contributed by atoms with Crippen molar-refractivity contribution in [1.82, 2.24) is 10.2 Å². The summed E-state index contributed by atoms with van der Waals surface area (Å²) >= 11 is 0. The highest BCUT2D eigenvalue weighted by atomic mass is 15.1. The molecular formula is C19H32N2. The Balaban J connectivity index is 1.87. The molecule has 0 aromatic heterocycles. The van der Waals surface area contributed by atoms with Gasteiger partial charge >= 0.3 is 0 Å². The number of likely N-dealkylation sites (tertiary alicyclic amines) is 1. The van der Waals surface area contributed by atoms with Crippen LogP contribution in [0.25, 0.3) is 0 Å². The Morgan fingerprint density at radius 3 is 2.52 bits per heavy atom. The van der Waals surface area contributed by atoms with E-state index in [9.17, 15) is 0 Å². The standard InChI is InChI=1S/C19H32N2/c1-5-20-19(17-8-6-16(4)7-9-17)11-13-21-12-10-18(14-21)15(2)3/h6-9,15,18-20H,5,10-14H2,1-4H3. The van der Waals surface area contributed by atoms with Crippen molar-refractivity contribution in [2.45, 2.75) is 46.6 Å². The summed E-state index contributed by atoms with van der Waals surface area (Å²) in [6, 6.07) is 9.51. The molecule has 1 fully saturated rings. The number of benzene rings is 1. The predicted octanol–water partition coefficient (Wildman–Crippen LogP) is 4.01. The summed E-state index contributed by atoms with van der Waals surface area (Å²) in [4.78, 5) is 2.66. The van der Waals surface area contributed by atoms with E-state index in [-0.39, 0.29) is 0 Å². The van der Waals surface area contributed by atoms with E-state index < -0.39 is 0 Å². The van der Waals surface area contributed by atoms with Gasteiger partial charge in [0.05, 0.1) is 0 Å². The number of rotatable bonds is 7. The summed E-state index contributed by atoms with van der Waals surface area (Å²) in [6.07, 6.45) is 2.59. The lowest BCUT2D eigenvalue weighted by Gasteiger charge is -2.23. The molecule has 1 aliphatic rings. The van der Waals surface area contributed by atoms with Gasteiger partial charge in [-0.05, 0) is 56.8 Å². The van der Waals surface area contributed by atoms with Gasteiger partial charge < -0.3 is 10.2 Å². The van der Waals surface area contributed by atoms with E-state index in [1.807, 2.05) is 0 Å². The van der Waals surface area contributed by atoms with Crippen LogP contribution in [-0.2, 0) is 0 Å². The SMILES string of the molecule is CCNC(CCN1CCC(C(C)C)C1)c1ccc(C)cc1. The minimum Gasteiger partial charge on any atom is -0.310 e. The summed E-state index contributed by atoms with van der Waals surface area (Å²) in [7, 11) is 0. The molecule has 2 unspecified atom stereocenters. The molecule has 1 N–H and O–H groups in total. The fourth-order valence-corrected chi connectivity index (χ4v) is 3.35. The van der Waals surface area contributed by atoms with Gasteiger partial charge in [0.25, 0.3) is 0 Å². The van der Waals surface area contributed by atoms with Crippen LogP contribution in [0.2, 0.25) is 0 Å². The van der Waals surface area contributed by atoms with Crippen LogP contribution in [0.3, 0.4) is 0 Å². The normalized spacial score (nSPS) is 21.1. The zero-order valence-electron chi connectivity index (χ0n) is 14.2. The van der Waals surface area contributed by atoms with Crippen molar-refractivity contribution in [2.75, 3.05) is 26.2 Å². The van der Waals surface area contributed by atoms with E-state index >= 15 is 0 Å². The maximum Gasteiger partial charge on any atom is 0.0332 e. The first-order valence-electron chi connectivity index (χ1n) is 8.62. The Morgan fingerprint density at radius 1 is 1.24 bits per heavy atom. The lowest BCUT2D eigenvalue weighted by atomic mass is 9.95. The highest BCUT2D eigenvalue weighted by Gasteiger charge is 2.25. The first-order chi connectivity index (χ1) is 10.1. The minimum atomic E-state index is 0.494. The van der Waals surface area contributed by atoms with Crippen molar-refractivity contribution < 1.29 is 0 Å². The molecule has 1 aromatic rings. The summed E-state index contributed by atoms with van der Waals surface area (Å²) < 4.78 is 0. The van der Waals surface area contributed by atoms with E-state index in [1.54, 1.807) is 0 Å². The minimum absolute atomic E-state index is 0.494. The molecule has 2 nitrogen and oxygen atoms in total. The van der Waals surface area contributed by atoms with Crippen molar-refractivity contribution in [3.05, 3.63) is 35.4 Å². The molecule has 2 rings (SSSR count). The van der Waals surface area contributed by atoms with Crippen LogP contribution in [0.5, 0.6) is 0 Å². The van der Waals surface area contributed by atoms with Crippen LogP contribution >= 0.6 is 0 Å². The van der Waals surface area contributed by atoms with E-state index in [0.29, 0.717) is 6.04 Å². The highest BCUT2D eigenvalue weighted by Crippen LogP contribution is 2.25. The summed E-state index contributed by atoms with van der Waals surface area (Å²) in [5, 5.41) is 3.65.